The van der Waals surface area contributed by atoms with Crippen LogP contribution in [0.15, 0.2) is 55.1 Å². The standard InChI is InChI=1S/C19H22/c1-4-16-10-6-7-12-18(16)14-15(3)19-13-9-8-11-17(19)5-2/h5-13,15H,2,4,14H2,1,3H3. The average Bonchev–Trinajstić information content (AvgIpc) is 2.47. The number of rotatable bonds is 5. The molecule has 0 radical (unpaired) electrons. The molecule has 0 nitrogen and oxygen atoms in total. The minimum absolute atomic E-state index is 0.516. The molecule has 0 spiro atoms. The van der Waals surface area contributed by atoms with Crippen molar-refractivity contribution < 1.29 is 0 Å². The molecule has 98 valence electrons. The molecule has 0 amide bonds. The maximum absolute atomic E-state index is 3.91. The van der Waals surface area contributed by atoms with Crippen LogP contribution in [-0.4, -0.2) is 0 Å². The van der Waals surface area contributed by atoms with Gasteiger partial charge >= 0.3 is 0 Å². The van der Waals surface area contributed by atoms with Crippen LogP contribution >= 0.6 is 0 Å². The third kappa shape index (κ3) is 3.14. The molecular weight excluding hydrogens is 228 g/mol. The van der Waals surface area contributed by atoms with Crippen molar-refractivity contribution in [3.63, 3.8) is 0 Å². The molecule has 2 aromatic carbocycles. The second-order valence-electron chi connectivity index (χ2n) is 5.06. The highest BCUT2D eigenvalue weighted by molar-refractivity contribution is 5.53. The minimum Gasteiger partial charge on any atom is -0.0985 e. The van der Waals surface area contributed by atoms with Gasteiger partial charge in [-0.15, -0.1) is 0 Å². The topological polar surface area (TPSA) is 0 Å². The zero-order valence-corrected chi connectivity index (χ0v) is 11.9. The van der Waals surface area contributed by atoms with Crippen molar-refractivity contribution >= 4 is 6.08 Å². The van der Waals surface area contributed by atoms with E-state index in [1.807, 2.05) is 6.08 Å². The van der Waals surface area contributed by atoms with Gasteiger partial charge in [-0.1, -0.05) is 75.0 Å². The molecule has 0 aromatic heterocycles. The van der Waals surface area contributed by atoms with Gasteiger partial charge in [0, 0.05) is 0 Å². The summed E-state index contributed by atoms with van der Waals surface area (Å²) in [5, 5.41) is 0. The molecule has 1 unspecified atom stereocenters. The molecule has 0 aliphatic heterocycles. The third-order valence-corrected chi connectivity index (χ3v) is 3.77. The maximum atomic E-state index is 3.91. The Kier molecular flexibility index (Phi) is 4.57. The van der Waals surface area contributed by atoms with Gasteiger partial charge in [0.15, 0.2) is 0 Å². The highest BCUT2D eigenvalue weighted by Gasteiger charge is 2.11. The number of benzene rings is 2. The molecule has 0 heterocycles. The third-order valence-electron chi connectivity index (χ3n) is 3.77. The fraction of sp³-hybridized carbons (Fsp3) is 0.263. The lowest BCUT2D eigenvalue weighted by atomic mass is 9.88. The van der Waals surface area contributed by atoms with Crippen molar-refractivity contribution in [1.29, 1.82) is 0 Å². The first kappa shape index (κ1) is 13.6. The van der Waals surface area contributed by atoms with E-state index < -0.39 is 0 Å². The molecule has 2 rings (SSSR count). The molecule has 19 heavy (non-hydrogen) atoms. The summed E-state index contributed by atoms with van der Waals surface area (Å²) < 4.78 is 0. The average molecular weight is 250 g/mol. The van der Waals surface area contributed by atoms with Crippen molar-refractivity contribution in [1.82, 2.24) is 0 Å². The Hall–Kier alpha value is -1.82. The molecule has 0 saturated heterocycles. The largest absolute Gasteiger partial charge is 0.0985 e. The van der Waals surface area contributed by atoms with Gasteiger partial charge in [0.25, 0.3) is 0 Å². The van der Waals surface area contributed by atoms with Crippen LogP contribution in [0, 0.1) is 0 Å². The van der Waals surface area contributed by atoms with Gasteiger partial charge in [-0.25, -0.2) is 0 Å². The van der Waals surface area contributed by atoms with Gasteiger partial charge in [0.05, 0.1) is 0 Å². The lowest BCUT2D eigenvalue weighted by Crippen LogP contribution is -2.03. The first-order chi connectivity index (χ1) is 9.26. The monoisotopic (exact) mass is 250 g/mol. The Labute approximate surface area is 116 Å². The van der Waals surface area contributed by atoms with Crippen LogP contribution in [-0.2, 0) is 12.8 Å². The van der Waals surface area contributed by atoms with Crippen LogP contribution < -0.4 is 0 Å². The number of hydrogen-bond acceptors (Lipinski definition) is 0. The molecule has 0 heteroatoms. The second kappa shape index (κ2) is 6.38. The van der Waals surface area contributed by atoms with Gasteiger partial charge in [0.1, 0.15) is 0 Å². The van der Waals surface area contributed by atoms with E-state index in [1.54, 1.807) is 0 Å². The predicted octanol–water partition coefficient (Wildman–Crippen LogP) is 5.24. The summed E-state index contributed by atoms with van der Waals surface area (Å²) >= 11 is 0. The van der Waals surface area contributed by atoms with E-state index in [0.29, 0.717) is 5.92 Å². The zero-order chi connectivity index (χ0) is 13.7. The fourth-order valence-electron chi connectivity index (χ4n) is 2.69. The van der Waals surface area contributed by atoms with Crippen LogP contribution in [0.2, 0.25) is 0 Å². The van der Waals surface area contributed by atoms with Gasteiger partial charge in [-0.05, 0) is 41.0 Å². The van der Waals surface area contributed by atoms with Crippen molar-refractivity contribution in [3.8, 4) is 0 Å². The molecule has 0 bridgehead atoms. The molecular formula is C19H22. The SMILES string of the molecule is C=Cc1ccccc1C(C)Cc1ccccc1CC. The van der Waals surface area contributed by atoms with Gasteiger partial charge < -0.3 is 0 Å². The summed E-state index contributed by atoms with van der Waals surface area (Å²) in [5.41, 5.74) is 5.58. The van der Waals surface area contributed by atoms with E-state index in [4.69, 9.17) is 0 Å². The second-order valence-corrected chi connectivity index (χ2v) is 5.06. The first-order valence-corrected chi connectivity index (χ1v) is 7.04. The van der Waals surface area contributed by atoms with E-state index in [-0.39, 0.29) is 0 Å². The van der Waals surface area contributed by atoms with Gasteiger partial charge in [-0.3, -0.25) is 0 Å². The molecule has 0 N–H and O–H groups in total. The van der Waals surface area contributed by atoms with Crippen molar-refractivity contribution in [3.05, 3.63) is 77.4 Å². The summed E-state index contributed by atoms with van der Waals surface area (Å²) in [6.45, 7) is 8.44. The van der Waals surface area contributed by atoms with E-state index in [2.05, 4.69) is 69.0 Å². The Balaban J connectivity index is 2.25. The van der Waals surface area contributed by atoms with Crippen molar-refractivity contribution in [2.45, 2.75) is 32.6 Å². The quantitative estimate of drug-likeness (QED) is 0.681. The highest BCUT2D eigenvalue weighted by atomic mass is 14.2. The molecule has 0 saturated carbocycles. The summed E-state index contributed by atoms with van der Waals surface area (Å²) in [6, 6.07) is 17.3. The van der Waals surface area contributed by atoms with Gasteiger partial charge in [-0.2, -0.15) is 0 Å². The van der Waals surface area contributed by atoms with E-state index in [9.17, 15) is 0 Å². The Morgan fingerprint density at radius 2 is 1.63 bits per heavy atom. The zero-order valence-electron chi connectivity index (χ0n) is 11.9. The highest BCUT2D eigenvalue weighted by Crippen LogP contribution is 2.26. The Bertz CT molecular complexity index is 551. The Morgan fingerprint density at radius 1 is 1.00 bits per heavy atom. The van der Waals surface area contributed by atoms with Gasteiger partial charge in [0.2, 0.25) is 0 Å². The molecule has 1 atom stereocenters. The van der Waals surface area contributed by atoms with E-state index in [1.165, 1.54) is 22.3 Å². The number of hydrogen-bond donors (Lipinski definition) is 0. The Morgan fingerprint density at radius 3 is 2.32 bits per heavy atom. The molecule has 0 aliphatic rings. The fourth-order valence-corrected chi connectivity index (χ4v) is 2.69. The smallest absolute Gasteiger partial charge is 0.0144 e. The minimum atomic E-state index is 0.516. The lowest BCUT2D eigenvalue weighted by molar-refractivity contribution is 0.750. The normalized spacial score (nSPS) is 12.1. The first-order valence-electron chi connectivity index (χ1n) is 7.04. The van der Waals surface area contributed by atoms with Crippen molar-refractivity contribution in [2.75, 3.05) is 0 Å². The summed E-state index contributed by atoms with van der Waals surface area (Å²) in [6.07, 6.45) is 4.15. The number of aryl methyl sites for hydroxylation is 1. The van der Waals surface area contributed by atoms with E-state index >= 15 is 0 Å². The van der Waals surface area contributed by atoms with Crippen LogP contribution in [0.1, 0.15) is 42.0 Å². The van der Waals surface area contributed by atoms with Crippen LogP contribution in [0.3, 0.4) is 0 Å². The summed E-state index contributed by atoms with van der Waals surface area (Å²) in [7, 11) is 0. The summed E-state index contributed by atoms with van der Waals surface area (Å²) in [4.78, 5) is 0. The molecule has 0 fully saturated rings. The van der Waals surface area contributed by atoms with Crippen LogP contribution in [0.4, 0.5) is 0 Å². The molecule has 2 aromatic rings. The molecule has 0 aliphatic carbocycles. The van der Waals surface area contributed by atoms with Crippen molar-refractivity contribution in [2.24, 2.45) is 0 Å². The maximum Gasteiger partial charge on any atom is -0.0144 e. The van der Waals surface area contributed by atoms with E-state index in [0.717, 1.165) is 12.8 Å². The predicted molar refractivity (Wildman–Crippen MR) is 84.5 cm³/mol. The van der Waals surface area contributed by atoms with Crippen LogP contribution in [0.25, 0.3) is 6.08 Å². The summed E-state index contributed by atoms with van der Waals surface area (Å²) in [5.74, 6) is 0.516. The van der Waals surface area contributed by atoms with Crippen LogP contribution in [0.5, 0.6) is 0 Å². The lowest BCUT2D eigenvalue weighted by Gasteiger charge is -2.17.